The second kappa shape index (κ2) is 5.94. The highest BCUT2D eigenvalue weighted by Gasteiger charge is 2.20. The topological polar surface area (TPSA) is 44.0 Å². The molecule has 20 heavy (non-hydrogen) atoms. The predicted octanol–water partition coefficient (Wildman–Crippen LogP) is 2.70. The SMILES string of the molecule is CC(NCC1CCCCN1C)c1nc2ccccc2[nH]1. The van der Waals surface area contributed by atoms with Crippen LogP contribution in [0.3, 0.4) is 0 Å². The number of aromatic amines is 1. The molecule has 0 spiro atoms. The van der Waals surface area contributed by atoms with Crippen molar-refractivity contribution in [3.63, 3.8) is 0 Å². The molecule has 2 atom stereocenters. The molecule has 0 radical (unpaired) electrons. The van der Waals surface area contributed by atoms with Crippen LogP contribution in [0.4, 0.5) is 0 Å². The van der Waals surface area contributed by atoms with Crippen molar-refractivity contribution in [2.75, 3.05) is 20.1 Å². The molecular formula is C16H24N4. The predicted molar refractivity (Wildman–Crippen MR) is 82.8 cm³/mol. The third-order valence-corrected chi connectivity index (χ3v) is 4.40. The van der Waals surface area contributed by atoms with Crippen LogP contribution < -0.4 is 5.32 Å². The molecule has 1 aromatic carbocycles. The van der Waals surface area contributed by atoms with Gasteiger partial charge in [0.05, 0.1) is 17.1 Å². The minimum Gasteiger partial charge on any atom is -0.341 e. The van der Waals surface area contributed by atoms with Gasteiger partial charge in [0, 0.05) is 12.6 Å². The molecule has 2 N–H and O–H groups in total. The van der Waals surface area contributed by atoms with Crippen molar-refractivity contribution in [2.24, 2.45) is 0 Å². The first kappa shape index (κ1) is 13.6. The number of hydrogen-bond acceptors (Lipinski definition) is 3. The largest absolute Gasteiger partial charge is 0.341 e. The van der Waals surface area contributed by atoms with Crippen LogP contribution >= 0.6 is 0 Å². The summed E-state index contributed by atoms with van der Waals surface area (Å²) in [5.41, 5.74) is 2.16. The third-order valence-electron chi connectivity index (χ3n) is 4.40. The Morgan fingerprint density at radius 3 is 3.05 bits per heavy atom. The molecule has 0 amide bonds. The molecule has 1 saturated heterocycles. The molecule has 1 aliphatic rings. The summed E-state index contributed by atoms with van der Waals surface area (Å²) in [6.07, 6.45) is 4.00. The van der Waals surface area contributed by atoms with Gasteiger partial charge in [0.15, 0.2) is 0 Å². The van der Waals surface area contributed by atoms with E-state index in [-0.39, 0.29) is 6.04 Å². The molecule has 0 bridgehead atoms. The Labute approximate surface area is 120 Å². The van der Waals surface area contributed by atoms with Crippen molar-refractivity contribution in [3.05, 3.63) is 30.1 Å². The standard InChI is InChI=1S/C16H24N4/c1-12(17-11-13-7-5-6-10-20(13)2)16-18-14-8-3-4-9-15(14)19-16/h3-4,8-9,12-13,17H,5-7,10-11H2,1-2H3,(H,18,19). The van der Waals surface area contributed by atoms with Gasteiger partial charge < -0.3 is 15.2 Å². The number of para-hydroxylation sites is 2. The van der Waals surface area contributed by atoms with E-state index >= 15 is 0 Å². The Bertz CT molecular complexity index is 529. The first-order valence-corrected chi connectivity index (χ1v) is 7.62. The van der Waals surface area contributed by atoms with Crippen LogP contribution in [0.2, 0.25) is 0 Å². The minimum atomic E-state index is 0.262. The van der Waals surface area contributed by atoms with E-state index in [0.717, 1.165) is 23.4 Å². The monoisotopic (exact) mass is 272 g/mol. The van der Waals surface area contributed by atoms with Crippen LogP contribution in [0, 0.1) is 0 Å². The van der Waals surface area contributed by atoms with Crippen molar-refractivity contribution >= 4 is 11.0 Å². The quantitative estimate of drug-likeness (QED) is 0.899. The maximum absolute atomic E-state index is 4.66. The Kier molecular flexibility index (Phi) is 4.03. The summed E-state index contributed by atoms with van der Waals surface area (Å²) in [4.78, 5) is 10.5. The highest BCUT2D eigenvalue weighted by molar-refractivity contribution is 5.74. The van der Waals surface area contributed by atoms with E-state index < -0.39 is 0 Å². The van der Waals surface area contributed by atoms with E-state index in [1.807, 2.05) is 12.1 Å². The molecule has 108 valence electrons. The summed E-state index contributed by atoms with van der Waals surface area (Å²) in [6, 6.07) is 9.12. The maximum atomic E-state index is 4.66. The zero-order valence-electron chi connectivity index (χ0n) is 12.4. The van der Waals surface area contributed by atoms with Crippen LogP contribution in [-0.4, -0.2) is 41.0 Å². The lowest BCUT2D eigenvalue weighted by molar-refractivity contribution is 0.178. The summed E-state index contributed by atoms with van der Waals surface area (Å²) in [6.45, 7) is 4.45. The molecule has 2 aromatic rings. The minimum absolute atomic E-state index is 0.262. The number of nitrogens with zero attached hydrogens (tertiary/aromatic N) is 2. The number of benzene rings is 1. The van der Waals surface area contributed by atoms with Gasteiger partial charge in [-0.2, -0.15) is 0 Å². The van der Waals surface area contributed by atoms with E-state index in [4.69, 9.17) is 0 Å². The first-order chi connectivity index (χ1) is 9.74. The van der Waals surface area contributed by atoms with Gasteiger partial charge in [0.25, 0.3) is 0 Å². The van der Waals surface area contributed by atoms with Gasteiger partial charge >= 0.3 is 0 Å². The van der Waals surface area contributed by atoms with E-state index in [0.29, 0.717) is 6.04 Å². The Hall–Kier alpha value is -1.39. The number of likely N-dealkylation sites (tertiary alicyclic amines) is 1. The Morgan fingerprint density at radius 2 is 2.25 bits per heavy atom. The number of piperidine rings is 1. The number of likely N-dealkylation sites (N-methyl/N-ethyl adjacent to an activating group) is 1. The van der Waals surface area contributed by atoms with Crippen LogP contribution in [-0.2, 0) is 0 Å². The lowest BCUT2D eigenvalue weighted by Crippen LogP contribution is -2.43. The fourth-order valence-electron chi connectivity index (χ4n) is 2.99. The number of hydrogen-bond donors (Lipinski definition) is 2. The number of aromatic nitrogens is 2. The van der Waals surface area contributed by atoms with Crippen LogP contribution in [0.15, 0.2) is 24.3 Å². The van der Waals surface area contributed by atoms with E-state index in [9.17, 15) is 0 Å². The summed E-state index contributed by atoms with van der Waals surface area (Å²) >= 11 is 0. The molecule has 1 aliphatic heterocycles. The van der Waals surface area contributed by atoms with Gasteiger partial charge in [-0.15, -0.1) is 0 Å². The second-order valence-corrected chi connectivity index (χ2v) is 5.90. The molecular weight excluding hydrogens is 248 g/mol. The normalized spacial score (nSPS) is 22.2. The lowest BCUT2D eigenvalue weighted by atomic mass is 10.0. The van der Waals surface area contributed by atoms with Crippen molar-refractivity contribution in [3.8, 4) is 0 Å². The number of rotatable bonds is 4. The molecule has 2 heterocycles. The van der Waals surface area contributed by atoms with Crippen LogP contribution in [0.25, 0.3) is 11.0 Å². The van der Waals surface area contributed by atoms with Crippen LogP contribution in [0.5, 0.6) is 0 Å². The van der Waals surface area contributed by atoms with Gasteiger partial charge in [-0.05, 0) is 45.5 Å². The van der Waals surface area contributed by atoms with Crippen LogP contribution in [0.1, 0.15) is 38.1 Å². The number of nitrogens with one attached hydrogen (secondary N) is 2. The summed E-state index contributed by atoms with van der Waals surface area (Å²) < 4.78 is 0. The number of imidazole rings is 1. The Morgan fingerprint density at radius 1 is 1.40 bits per heavy atom. The van der Waals surface area contributed by atoms with Crippen molar-refractivity contribution in [1.29, 1.82) is 0 Å². The molecule has 1 fully saturated rings. The average Bonchev–Trinajstić information content (AvgIpc) is 2.90. The smallest absolute Gasteiger partial charge is 0.124 e. The van der Waals surface area contributed by atoms with E-state index in [1.54, 1.807) is 0 Å². The van der Waals surface area contributed by atoms with Gasteiger partial charge in [-0.25, -0.2) is 4.98 Å². The van der Waals surface area contributed by atoms with Gasteiger partial charge in [0.2, 0.25) is 0 Å². The average molecular weight is 272 g/mol. The molecule has 4 nitrogen and oxygen atoms in total. The van der Waals surface area contributed by atoms with Crippen molar-refractivity contribution < 1.29 is 0 Å². The first-order valence-electron chi connectivity index (χ1n) is 7.62. The van der Waals surface area contributed by atoms with Crippen molar-refractivity contribution in [1.82, 2.24) is 20.2 Å². The summed E-state index contributed by atoms with van der Waals surface area (Å²) in [7, 11) is 2.23. The van der Waals surface area contributed by atoms with Gasteiger partial charge in [0.1, 0.15) is 5.82 Å². The molecule has 3 rings (SSSR count). The van der Waals surface area contributed by atoms with E-state index in [2.05, 4.69) is 46.3 Å². The zero-order valence-corrected chi connectivity index (χ0v) is 12.4. The fraction of sp³-hybridized carbons (Fsp3) is 0.562. The van der Waals surface area contributed by atoms with Gasteiger partial charge in [-0.3, -0.25) is 0 Å². The molecule has 1 aromatic heterocycles. The summed E-state index contributed by atoms with van der Waals surface area (Å²) in [5, 5.41) is 3.62. The van der Waals surface area contributed by atoms with Crippen molar-refractivity contribution in [2.45, 2.75) is 38.3 Å². The highest BCUT2D eigenvalue weighted by atomic mass is 15.2. The molecule has 2 unspecified atom stereocenters. The third kappa shape index (κ3) is 2.86. The maximum Gasteiger partial charge on any atom is 0.124 e. The fourth-order valence-corrected chi connectivity index (χ4v) is 2.99. The lowest BCUT2D eigenvalue weighted by Gasteiger charge is -2.33. The second-order valence-electron chi connectivity index (χ2n) is 5.90. The Balaban J connectivity index is 1.62. The van der Waals surface area contributed by atoms with Gasteiger partial charge in [-0.1, -0.05) is 18.6 Å². The summed E-state index contributed by atoms with van der Waals surface area (Å²) in [5.74, 6) is 1.03. The number of fused-ring (bicyclic) bond motifs is 1. The van der Waals surface area contributed by atoms with E-state index in [1.165, 1.54) is 25.8 Å². The molecule has 0 saturated carbocycles. The number of H-pyrrole nitrogens is 1. The highest BCUT2D eigenvalue weighted by Crippen LogP contribution is 2.17. The molecule has 0 aliphatic carbocycles. The molecule has 4 heteroatoms. The zero-order chi connectivity index (χ0) is 13.9.